The van der Waals surface area contributed by atoms with Crippen LogP contribution in [0.1, 0.15) is 62.3 Å². The van der Waals surface area contributed by atoms with Crippen LogP contribution in [0.15, 0.2) is 42.5 Å². The van der Waals surface area contributed by atoms with Crippen LogP contribution >= 0.6 is 11.3 Å². The minimum Gasteiger partial charge on any atom is -0.490 e. The summed E-state index contributed by atoms with van der Waals surface area (Å²) in [6.07, 6.45) is 0.489. The average molecular weight is 492 g/mol. The number of anilines is 1. The van der Waals surface area contributed by atoms with E-state index in [9.17, 15) is 9.59 Å². The zero-order valence-electron chi connectivity index (χ0n) is 20.1. The summed E-state index contributed by atoms with van der Waals surface area (Å²) in [4.78, 5) is 29.4. The molecule has 2 aliphatic rings. The first-order chi connectivity index (χ1) is 17.0. The number of esters is 1. The molecule has 1 aromatic heterocycles. The summed E-state index contributed by atoms with van der Waals surface area (Å²) in [5.74, 6) is 0.295. The lowest BCUT2D eigenvalue weighted by Gasteiger charge is -2.28. The number of likely N-dealkylation sites (N-methyl/N-ethyl adjacent to an activating group) is 1. The van der Waals surface area contributed by atoms with Crippen molar-refractivity contribution in [2.45, 2.75) is 39.9 Å². The lowest BCUT2D eigenvalue weighted by molar-refractivity contribution is 0.0728. The number of hydrogen-bond donors (Lipinski definition) is 2. The van der Waals surface area contributed by atoms with E-state index in [4.69, 9.17) is 9.47 Å². The minimum absolute atomic E-state index is 0.0565. The number of thiophene rings is 1. The molecule has 0 bridgehead atoms. The number of hydrogen-bond acceptors (Lipinski definition) is 7. The quantitative estimate of drug-likeness (QED) is 0.377. The molecule has 0 saturated carbocycles. The van der Waals surface area contributed by atoms with Crippen LogP contribution in [0.25, 0.3) is 0 Å². The van der Waals surface area contributed by atoms with Crippen molar-refractivity contribution in [1.82, 2.24) is 10.2 Å². The summed E-state index contributed by atoms with van der Waals surface area (Å²) in [6.45, 7) is 9.29. The number of fused-ring (bicyclic) bond motifs is 3. The Morgan fingerprint density at radius 2 is 1.91 bits per heavy atom. The molecule has 35 heavy (non-hydrogen) atoms. The highest BCUT2D eigenvalue weighted by molar-refractivity contribution is 7.16. The molecule has 2 N–H and O–H groups in total. The maximum Gasteiger partial charge on any atom is 0.343 e. The molecule has 0 unspecified atom stereocenters. The third-order valence-corrected chi connectivity index (χ3v) is 7.60. The van der Waals surface area contributed by atoms with Gasteiger partial charge in [-0.2, -0.15) is 0 Å². The van der Waals surface area contributed by atoms with Crippen molar-refractivity contribution >= 4 is 28.2 Å². The fourth-order valence-electron chi connectivity index (χ4n) is 4.51. The largest absolute Gasteiger partial charge is 0.490 e. The molecule has 8 heteroatoms. The third kappa shape index (κ3) is 4.63. The first kappa shape index (κ1) is 23.4. The lowest BCUT2D eigenvalue weighted by atomic mass is 10.0. The zero-order chi connectivity index (χ0) is 24.5. The second kappa shape index (κ2) is 9.71. The van der Waals surface area contributed by atoms with Gasteiger partial charge in [-0.05, 0) is 62.2 Å². The van der Waals surface area contributed by atoms with Crippen molar-refractivity contribution in [2.24, 2.45) is 0 Å². The fraction of sp³-hybridized carbons (Fsp3) is 0.333. The van der Waals surface area contributed by atoms with Crippen LogP contribution in [-0.2, 0) is 13.0 Å². The standard InChI is InChI=1S/C27H29N3O4S/c1-4-30-13-12-19-22(15-30)35-26-23(19)25(31)28-24(29-26)18-10-11-20(21(14-18)33-5-2)34-27(32)17-8-6-16(3)7-9-17/h6-11,14,24,29H,4-5,12-13,15H2,1-3H3,(H,28,31)/t24-/m1/s1. The topological polar surface area (TPSA) is 79.9 Å². The summed E-state index contributed by atoms with van der Waals surface area (Å²) >= 11 is 1.67. The van der Waals surface area contributed by atoms with Crippen LogP contribution in [-0.4, -0.2) is 36.5 Å². The molecule has 0 radical (unpaired) electrons. The molecule has 0 aliphatic carbocycles. The highest BCUT2D eigenvalue weighted by atomic mass is 32.1. The van der Waals surface area contributed by atoms with Crippen LogP contribution in [0.4, 0.5) is 5.00 Å². The van der Waals surface area contributed by atoms with Gasteiger partial charge in [0.2, 0.25) is 0 Å². The molecule has 2 aliphatic heterocycles. The van der Waals surface area contributed by atoms with Crippen molar-refractivity contribution in [3.05, 3.63) is 75.2 Å². The second-order valence-corrected chi connectivity index (χ2v) is 9.88. The normalized spacial score (nSPS) is 17.1. The Balaban J connectivity index is 1.38. The Morgan fingerprint density at radius 1 is 1.11 bits per heavy atom. The zero-order valence-corrected chi connectivity index (χ0v) is 21.0. The Hall–Kier alpha value is -3.36. The first-order valence-corrected chi connectivity index (χ1v) is 12.8. The number of carbonyl (C=O) groups excluding carboxylic acids is 2. The van der Waals surface area contributed by atoms with E-state index in [0.29, 0.717) is 23.7 Å². The van der Waals surface area contributed by atoms with E-state index in [1.54, 1.807) is 29.5 Å². The van der Waals surface area contributed by atoms with Gasteiger partial charge in [-0.15, -0.1) is 11.3 Å². The van der Waals surface area contributed by atoms with E-state index in [1.165, 1.54) is 10.4 Å². The van der Waals surface area contributed by atoms with Gasteiger partial charge in [0.25, 0.3) is 5.91 Å². The molecule has 3 aromatic rings. The van der Waals surface area contributed by atoms with Crippen LogP contribution in [0.5, 0.6) is 11.5 Å². The number of aryl methyl sites for hydroxylation is 1. The van der Waals surface area contributed by atoms with E-state index >= 15 is 0 Å². The number of carbonyl (C=O) groups is 2. The summed E-state index contributed by atoms with van der Waals surface area (Å²) in [5, 5.41) is 7.50. The van der Waals surface area contributed by atoms with E-state index in [1.807, 2.05) is 38.1 Å². The lowest BCUT2D eigenvalue weighted by Crippen LogP contribution is -2.38. The fourth-order valence-corrected chi connectivity index (χ4v) is 5.83. The summed E-state index contributed by atoms with van der Waals surface area (Å²) in [7, 11) is 0. The Kier molecular flexibility index (Phi) is 6.49. The Morgan fingerprint density at radius 3 is 2.66 bits per heavy atom. The molecular formula is C27H29N3O4S. The number of rotatable bonds is 6. The summed E-state index contributed by atoms with van der Waals surface area (Å²) in [6, 6.07) is 12.6. The van der Waals surface area contributed by atoms with Gasteiger partial charge in [-0.25, -0.2) is 4.79 Å². The van der Waals surface area contributed by atoms with Crippen molar-refractivity contribution in [3.8, 4) is 11.5 Å². The monoisotopic (exact) mass is 491 g/mol. The molecule has 0 fully saturated rings. The predicted molar refractivity (Wildman–Crippen MR) is 137 cm³/mol. The van der Waals surface area contributed by atoms with Crippen molar-refractivity contribution < 1.29 is 19.1 Å². The van der Waals surface area contributed by atoms with Crippen molar-refractivity contribution in [2.75, 3.05) is 25.0 Å². The molecule has 5 rings (SSSR count). The minimum atomic E-state index is -0.447. The van der Waals surface area contributed by atoms with Crippen LogP contribution in [0.2, 0.25) is 0 Å². The van der Waals surface area contributed by atoms with Gasteiger partial charge in [0.05, 0.1) is 17.7 Å². The predicted octanol–water partition coefficient (Wildman–Crippen LogP) is 4.91. The van der Waals surface area contributed by atoms with Crippen LogP contribution in [0, 0.1) is 6.92 Å². The van der Waals surface area contributed by atoms with Gasteiger partial charge in [0, 0.05) is 18.0 Å². The average Bonchev–Trinajstić information content (AvgIpc) is 3.23. The van der Waals surface area contributed by atoms with Gasteiger partial charge >= 0.3 is 5.97 Å². The summed E-state index contributed by atoms with van der Waals surface area (Å²) < 4.78 is 11.4. The van der Waals surface area contributed by atoms with Crippen molar-refractivity contribution in [3.63, 3.8) is 0 Å². The highest BCUT2D eigenvalue weighted by Crippen LogP contribution is 2.41. The SMILES string of the molecule is CCOc1cc([C@@H]2NC(=O)c3c(sc4c3CCN(CC)C4)N2)ccc1OC(=O)c1ccc(C)cc1. The van der Waals surface area contributed by atoms with Gasteiger partial charge in [0.15, 0.2) is 11.5 Å². The number of ether oxygens (including phenoxy) is 2. The molecule has 0 saturated heterocycles. The van der Waals surface area contributed by atoms with Crippen LogP contribution < -0.4 is 20.1 Å². The molecule has 2 aromatic carbocycles. The van der Waals surface area contributed by atoms with Gasteiger partial charge in [-0.3, -0.25) is 9.69 Å². The van der Waals surface area contributed by atoms with E-state index in [0.717, 1.165) is 47.7 Å². The smallest absolute Gasteiger partial charge is 0.343 e. The Labute approximate surface area is 209 Å². The molecule has 1 atom stereocenters. The number of benzene rings is 2. The number of nitrogens with one attached hydrogen (secondary N) is 2. The van der Waals surface area contributed by atoms with Gasteiger partial charge in [0.1, 0.15) is 11.2 Å². The molecule has 1 amide bonds. The highest BCUT2D eigenvalue weighted by Gasteiger charge is 2.33. The van der Waals surface area contributed by atoms with E-state index < -0.39 is 12.1 Å². The summed E-state index contributed by atoms with van der Waals surface area (Å²) in [5.41, 5.74) is 4.32. The molecular weight excluding hydrogens is 462 g/mol. The molecule has 3 heterocycles. The molecule has 182 valence electrons. The van der Waals surface area contributed by atoms with Gasteiger partial charge < -0.3 is 20.1 Å². The van der Waals surface area contributed by atoms with E-state index in [2.05, 4.69) is 22.5 Å². The van der Waals surface area contributed by atoms with Crippen molar-refractivity contribution in [1.29, 1.82) is 0 Å². The maximum atomic E-state index is 13.1. The number of amides is 1. The van der Waals surface area contributed by atoms with Crippen LogP contribution in [0.3, 0.4) is 0 Å². The maximum absolute atomic E-state index is 13.1. The first-order valence-electron chi connectivity index (χ1n) is 12.0. The van der Waals surface area contributed by atoms with Gasteiger partial charge in [-0.1, -0.05) is 30.7 Å². The van der Waals surface area contributed by atoms with E-state index in [-0.39, 0.29) is 5.91 Å². The Bertz CT molecular complexity index is 1270. The molecule has 0 spiro atoms. The number of nitrogens with zero attached hydrogens (tertiary/aromatic N) is 1. The second-order valence-electron chi connectivity index (χ2n) is 8.77. The third-order valence-electron chi connectivity index (χ3n) is 6.45. The molecule has 7 nitrogen and oxygen atoms in total.